The molecule has 1 aliphatic rings. The fourth-order valence-electron chi connectivity index (χ4n) is 5.26. The molecule has 2 aromatic heterocycles. The molecule has 0 radical (unpaired) electrons. The lowest BCUT2D eigenvalue weighted by Crippen LogP contribution is -2.49. The largest absolute Gasteiger partial charge is 0.414 e. The van der Waals surface area contributed by atoms with Crippen molar-refractivity contribution in [3.8, 4) is 0 Å². The lowest BCUT2D eigenvalue weighted by atomic mass is 9.92. The van der Waals surface area contributed by atoms with Crippen molar-refractivity contribution in [3.63, 3.8) is 0 Å². The Balaban J connectivity index is 1.93. The maximum atomic E-state index is 6.99. The zero-order chi connectivity index (χ0) is 20.3. The smallest absolute Gasteiger partial charge is 0.200 e. The van der Waals surface area contributed by atoms with E-state index in [1.807, 2.05) is 6.20 Å². The number of hydrogen-bond acceptors (Lipinski definition) is 5. The Morgan fingerprint density at radius 2 is 1.64 bits per heavy atom. The van der Waals surface area contributed by atoms with Crippen molar-refractivity contribution >= 4 is 19.5 Å². The number of nitrogens with zero attached hydrogens (tertiary/aromatic N) is 4. The fourth-order valence-corrected chi connectivity index (χ4v) is 10.7. The molecule has 28 heavy (non-hydrogen) atoms. The molecular weight excluding hydrogens is 368 g/mol. The van der Waals surface area contributed by atoms with Crippen LogP contribution < -0.4 is 0 Å². The molecule has 7 heteroatoms. The van der Waals surface area contributed by atoms with Gasteiger partial charge < -0.3 is 9.16 Å². The second-order valence-corrected chi connectivity index (χ2v) is 14.5. The van der Waals surface area contributed by atoms with Gasteiger partial charge in [0.05, 0.1) is 18.8 Å². The van der Waals surface area contributed by atoms with Crippen molar-refractivity contribution in [2.45, 2.75) is 77.0 Å². The Hall–Kier alpha value is -1.31. The van der Waals surface area contributed by atoms with E-state index in [-0.39, 0.29) is 6.04 Å². The van der Waals surface area contributed by atoms with E-state index in [0.29, 0.717) is 29.1 Å². The first-order valence-electron chi connectivity index (χ1n) is 10.7. The second kappa shape index (κ2) is 9.01. The zero-order valence-electron chi connectivity index (χ0n) is 18.3. The molecule has 1 fully saturated rings. The Kier molecular flexibility index (Phi) is 6.88. The molecule has 156 valence electrons. The normalized spacial score (nSPS) is 17.9. The minimum Gasteiger partial charge on any atom is -0.414 e. The van der Waals surface area contributed by atoms with Gasteiger partial charge in [0.25, 0.3) is 0 Å². The van der Waals surface area contributed by atoms with Crippen molar-refractivity contribution in [2.75, 3.05) is 19.8 Å². The summed E-state index contributed by atoms with van der Waals surface area (Å²) in [4.78, 5) is 8.99. The first-order valence-corrected chi connectivity index (χ1v) is 12.9. The van der Waals surface area contributed by atoms with Gasteiger partial charge in [-0.15, -0.1) is 0 Å². The van der Waals surface area contributed by atoms with Crippen molar-refractivity contribution in [1.29, 1.82) is 0 Å². The molecule has 1 unspecified atom stereocenters. The summed E-state index contributed by atoms with van der Waals surface area (Å²) in [6.07, 6.45) is 7.37. The average Bonchev–Trinajstić information content (AvgIpc) is 3.09. The van der Waals surface area contributed by atoms with Crippen LogP contribution in [-0.2, 0) is 9.16 Å². The number of aromatic nitrogens is 4. The topological polar surface area (TPSA) is 62.1 Å². The summed E-state index contributed by atoms with van der Waals surface area (Å²) >= 11 is 0. The van der Waals surface area contributed by atoms with Crippen LogP contribution >= 0.6 is 0 Å². The Morgan fingerprint density at radius 3 is 2.25 bits per heavy atom. The van der Waals surface area contributed by atoms with Crippen LogP contribution in [0.2, 0.25) is 16.6 Å². The quantitative estimate of drug-likeness (QED) is 0.580. The molecule has 1 aliphatic heterocycles. The highest BCUT2D eigenvalue weighted by atomic mass is 28.4. The van der Waals surface area contributed by atoms with E-state index in [0.717, 1.165) is 37.2 Å². The number of rotatable bonds is 8. The number of hydrogen-bond donors (Lipinski definition) is 0. The highest BCUT2D eigenvalue weighted by Gasteiger charge is 2.46. The molecule has 0 bridgehead atoms. The lowest BCUT2D eigenvalue weighted by Gasteiger charge is -2.43. The summed E-state index contributed by atoms with van der Waals surface area (Å²) in [5.41, 5.74) is 3.40. The minimum absolute atomic E-state index is 0.168. The van der Waals surface area contributed by atoms with E-state index in [4.69, 9.17) is 14.3 Å². The predicted molar refractivity (Wildman–Crippen MR) is 115 cm³/mol. The molecule has 0 aliphatic carbocycles. The van der Waals surface area contributed by atoms with Crippen molar-refractivity contribution in [1.82, 2.24) is 19.7 Å². The van der Waals surface area contributed by atoms with Crippen LogP contribution in [0, 0.1) is 5.92 Å². The second-order valence-electron chi connectivity index (χ2n) is 9.00. The summed E-state index contributed by atoms with van der Waals surface area (Å²) in [7, 11) is -1.94. The standard InChI is InChI=1S/C21H36N4O2Si/c1-15(2)28(16(3)4,17(5)6)27-14-20(18-7-11-26-12-8-18)25-21-19(13-24-25)22-9-10-23-21/h9-10,13,15-18,20H,7-8,11-12,14H2,1-6H3. The third kappa shape index (κ3) is 4.02. The van der Waals surface area contributed by atoms with Crippen LogP contribution in [0.1, 0.15) is 60.4 Å². The maximum absolute atomic E-state index is 6.99. The van der Waals surface area contributed by atoms with Crippen LogP contribution in [0.5, 0.6) is 0 Å². The van der Waals surface area contributed by atoms with Gasteiger partial charge in [0.1, 0.15) is 5.52 Å². The fraction of sp³-hybridized carbons (Fsp3) is 0.762. The van der Waals surface area contributed by atoms with Crippen molar-refractivity contribution in [2.24, 2.45) is 5.92 Å². The van der Waals surface area contributed by atoms with Crippen molar-refractivity contribution < 1.29 is 9.16 Å². The highest BCUT2D eigenvalue weighted by molar-refractivity contribution is 6.77. The van der Waals surface area contributed by atoms with Gasteiger partial charge in [0.2, 0.25) is 0 Å². The first kappa shape index (κ1) is 21.4. The first-order chi connectivity index (χ1) is 13.4. The SMILES string of the molecule is CC(C)[Si](OCC(C1CCOCC1)n1ncc2nccnc21)(C(C)C)C(C)C. The lowest BCUT2D eigenvalue weighted by molar-refractivity contribution is 0.0354. The summed E-state index contributed by atoms with van der Waals surface area (Å²) in [6.45, 7) is 16.3. The summed E-state index contributed by atoms with van der Waals surface area (Å²) < 4.78 is 14.7. The van der Waals surface area contributed by atoms with Gasteiger partial charge in [-0.2, -0.15) is 5.10 Å². The van der Waals surface area contributed by atoms with E-state index in [1.54, 1.807) is 12.4 Å². The van der Waals surface area contributed by atoms with Gasteiger partial charge in [0, 0.05) is 25.6 Å². The van der Waals surface area contributed by atoms with E-state index in [2.05, 4.69) is 56.2 Å². The molecule has 0 amide bonds. The average molecular weight is 405 g/mol. The van der Waals surface area contributed by atoms with Crippen LogP contribution in [0.15, 0.2) is 18.6 Å². The maximum Gasteiger partial charge on any atom is 0.200 e. The molecule has 2 aromatic rings. The third-order valence-electron chi connectivity index (χ3n) is 6.56. The number of ether oxygens (including phenoxy) is 1. The Bertz CT molecular complexity index is 734. The van der Waals surface area contributed by atoms with Crippen LogP contribution in [0.3, 0.4) is 0 Å². The van der Waals surface area contributed by atoms with Gasteiger partial charge in [-0.05, 0) is 35.4 Å². The number of fused-ring (bicyclic) bond motifs is 1. The molecule has 0 saturated carbocycles. The van der Waals surface area contributed by atoms with Crippen LogP contribution in [0.25, 0.3) is 11.2 Å². The third-order valence-corrected chi connectivity index (χ3v) is 12.6. The van der Waals surface area contributed by atoms with E-state index < -0.39 is 8.32 Å². The molecule has 3 heterocycles. The highest BCUT2D eigenvalue weighted by Crippen LogP contribution is 2.43. The van der Waals surface area contributed by atoms with Gasteiger partial charge >= 0.3 is 0 Å². The van der Waals surface area contributed by atoms with Crippen molar-refractivity contribution in [3.05, 3.63) is 18.6 Å². The van der Waals surface area contributed by atoms with Gasteiger partial charge in [0.15, 0.2) is 14.0 Å². The molecule has 6 nitrogen and oxygen atoms in total. The molecule has 0 aromatic carbocycles. The van der Waals surface area contributed by atoms with Gasteiger partial charge in [-0.1, -0.05) is 41.5 Å². The van der Waals surface area contributed by atoms with Gasteiger partial charge in [-0.25, -0.2) is 14.6 Å². The van der Waals surface area contributed by atoms with Gasteiger partial charge in [-0.3, -0.25) is 0 Å². The monoisotopic (exact) mass is 404 g/mol. The van der Waals surface area contributed by atoms with Crippen LogP contribution in [-0.4, -0.2) is 47.9 Å². The summed E-state index contributed by atoms with van der Waals surface area (Å²) in [6, 6.07) is 0.168. The molecule has 3 rings (SSSR count). The molecule has 1 atom stereocenters. The van der Waals surface area contributed by atoms with E-state index in [1.165, 1.54) is 0 Å². The Morgan fingerprint density at radius 1 is 1.04 bits per heavy atom. The van der Waals surface area contributed by atoms with Crippen LogP contribution in [0.4, 0.5) is 0 Å². The molecule has 0 N–H and O–H groups in total. The molecule has 0 spiro atoms. The minimum atomic E-state index is -1.94. The van der Waals surface area contributed by atoms with E-state index >= 15 is 0 Å². The zero-order valence-corrected chi connectivity index (χ0v) is 19.3. The summed E-state index contributed by atoms with van der Waals surface area (Å²) in [5.74, 6) is 0.483. The molecule has 1 saturated heterocycles. The van der Waals surface area contributed by atoms with E-state index in [9.17, 15) is 0 Å². The predicted octanol–water partition coefficient (Wildman–Crippen LogP) is 4.99. The summed E-state index contributed by atoms with van der Waals surface area (Å²) in [5, 5.41) is 4.69. The Labute approximate surface area is 170 Å². The molecular formula is C21H36N4O2Si.